The molecule has 24 heavy (non-hydrogen) atoms. The summed E-state index contributed by atoms with van der Waals surface area (Å²) in [6, 6.07) is 4.45. The molecule has 0 radical (unpaired) electrons. The number of oxazole rings is 1. The smallest absolute Gasteiger partial charge is 0.361 e. The Morgan fingerprint density at radius 3 is 2.46 bits per heavy atom. The number of ether oxygens (including phenoxy) is 2. The predicted octanol–water partition coefficient (Wildman–Crippen LogP) is 4.18. The number of benzene rings is 1. The Labute approximate surface area is 148 Å². The van der Waals surface area contributed by atoms with E-state index in [-0.39, 0.29) is 16.6 Å². The monoisotopic (exact) mass is 371 g/mol. The number of hydrogen-bond acceptors (Lipinski definition) is 6. The lowest BCUT2D eigenvalue weighted by molar-refractivity contribution is -0.151. The van der Waals surface area contributed by atoms with Crippen LogP contribution in [0.4, 0.5) is 0 Å². The zero-order chi connectivity index (χ0) is 17.9. The van der Waals surface area contributed by atoms with Crippen LogP contribution >= 0.6 is 23.2 Å². The quantitative estimate of drug-likeness (QED) is 0.733. The van der Waals surface area contributed by atoms with Crippen LogP contribution in [0.25, 0.3) is 0 Å². The van der Waals surface area contributed by atoms with Crippen LogP contribution in [0.2, 0.25) is 10.0 Å². The first-order valence-corrected chi connectivity index (χ1v) is 7.78. The Kier molecular flexibility index (Phi) is 5.85. The normalized spacial score (nSPS) is 12.1. The molecular weight excluding hydrogens is 357 g/mol. The highest BCUT2D eigenvalue weighted by molar-refractivity contribution is 6.42. The summed E-state index contributed by atoms with van der Waals surface area (Å²) in [6.45, 7) is 3.74. The molecule has 0 spiro atoms. The van der Waals surface area contributed by atoms with Gasteiger partial charge in [-0.2, -0.15) is 0 Å². The Balaban J connectivity index is 2.26. The van der Waals surface area contributed by atoms with E-state index in [9.17, 15) is 9.59 Å². The molecule has 8 heteroatoms. The van der Waals surface area contributed by atoms with Crippen molar-refractivity contribution in [1.82, 2.24) is 4.98 Å². The average Bonchev–Trinajstić information content (AvgIpc) is 3.05. The third-order valence-electron chi connectivity index (χ3n) is 3.11. The molecule has 1 aromatic carbocycles. The van der Waals surface area contributed by atoms with Crippen LogP contribution in [0, 0.1) is 0 Å². The van der Waals surface area contributed by atoms with E-state index >= 15 is 0 Å². The van der Waals surface area contributed by atoms with Crippen LogP contribution < -0.4 is 0 Å². The molecule has 0 saturated carbocycles. The molecule has 2 aromatic rings. The van der Waals surface area contributed by atoms with Crippen molar-refractivity contribution in [3.63, 3.8) is 0 Å². The van der Waals surface area contributed by atoms with Crippen LogP contribution in [-0.2, 0) is 14.3 Å². The maximum Gasteiger partial charge on any atom is 0.361 e. The summed E-state index contributed by atoms with van der Waals surface area (Å²) in [6.07, 6.45) is -0.114. The Morgan fingerprint density at radius 2 is 1.92 bits per heavy atom. The van der Waals surface area contributed by atoms with Crippen LogP contribution in [0.5, 0.6) is 0 Å². The fourth-order valence-electron chi connectivity index (χ4n) is 1.85. The molecule has 0 aliphatic carbocycles. The van der Waals surface area contributed by atoms with Gasteiger partial charge in [0.15, 0.2) is 11.6 Å². The van der Waals surface area contributed by atoms with Crippen LogP contribution in [-0.4, -0.2) is 24.0 Å². The number of aromatic nitrogens is 1. The van der Waals surface area contributed by atoms with E-state index < -0.39 is 18.0 Å². The molecule has 1 atom stereocenters. The molecule has 1 heterocycles. The van der Waals surface area contributed by atoms with Gasteiger partial charge < -0.3 is 13.9 Å². The molecular formula is C16H15Cl2NO5. The summed E-state index contributed by atoms with van der Waals surface area (Å²) in [7, 11) is 1.19. The summed E-state index contributed by atoms with van der Waals surface area (Å²) in [5.41, 5.74) is 0.296. The minimum atomic E-state index is -1.29. The van der Waals surface area contributed by atoms with Gasteiger partial charge in [-0.3, -0.25) is 0 Å². The highest BCUT2D eigenvalue weighted by atomic mass is 35.5. The second kappa shape index (κ2) is 7.68. The summed E-state index contributed by atoms with van der Waals surface area (Å²) in [5, 5.41) is 0.538. The van der Waals surface area contributed by atoms with E-state index in [1.165, 1.54) is 31.6 Å². The van der Waals surface area contributed by atoms with Crippen molar-refractivity contribution in [3.8, 4) is 0 Å². The van der Waals surface area contributed by atoms with Gasteiger partial charge in [-0.15, -0.1) is 0 Å². The number of nitrogens with zero attached hydrogens (tertiary/aromatic N) is 1. The Morgan fingerprint density at radius 1 is 1.21 bits per heavy atom. The maximum atomic E-state index is 12.2. The van der Waals surface area contributed by atoms with Crippen LogP contribution in [0.1, 0.15) is 47.8 Å². The highest BCUT2D eigenvalue weighted by Gasteiger charge is 2.28. The predicted molar refractivity (Wildman–Crippen MR) is 87.2 cm³/mol. The van der Waals surface area contributed by atoms with Gasteiger partial charge in [0, 0.05) is 11.5 Å². The van der Waals surface area contributed by atoms with E-state index in [0.29, 0.717) is 16.5 Å². The highest BCUT2D eigenvalue weighted by Crippen LogP contribution is 2.28. The molecule has 0 N–H and O–H groups in total. The zero-order valence-corrected chi connectivity index (χ0v) is 14.7. The second-order valence-electron chi connectivity index (χ2n) is 5.21. The molecule has 1 aromatic heterocycles. The summed E-state index contributed by atoms with van der Waals surface area (Å²) >= 11 is 11.8. The van der Waals surface area contributed by atoms with Gasteiger partial charge in [0.1, 0.15) is 6.26 Å². The van der Waals surface area contributed by atoms with Gasteiger partial charge in [0.25, 0.3) is 0 Å². The number of carbonyl (C=O) groups is 2. The molecule has 2 rings (SSSR count). The third kappa shape index (κ3) is 4.07. The Hall–Kier alpha value is -2.05. The molecule has 0 aliphatic rings. The number of carbonyl (C=O) groups excluding carboxylic acids is 2. The van der Waals surface area contributed by atoms with E-state index in [1.807, 2.05) is 13.8 Å². The lowest BCUT2D eigenvalue weighted by Gasteiger charge is -2.15. The van der Waals surface area contributed by atoms with Gasteiger partial charge in [-0.05, 0) is 12.1 Å². The minimum Gasteiger partial charge on any atom is -0.466 e. The van der Waals surface area contributed by atoms with Gasteiger partial charge in [0.2, 0.25) is 6.10 Å². The first-order valence-electron chi connectivity index (χ1n) is 7.02. The lowest BCUT2D eigenvalue weighted by atomic mass is 10.1. The number of hydrogen-bond donors (Lipinski definition) is 0. The number of esters is 2. The number of methoxy groups -OCH3 is 1. The van der Waals surface area contributed by atoms with Crippen LogP contribution in [0.15, 0.2) is 28.9 Å². The van der Waals surface area contributed by atoms with E-state index in [0.717, 1.165) is 0 Å². The van der Waals surface area contributed by atoms with Crippen molar-refractivity contribution in [1.29, 1.82) is 0 Å². The van der Waals surface area contributed by atoms with E-state index in [1.54, 1.807) is 0 Å². The zero-order valence-electron chi connectivity index (χ0n) is 13.2. The first kappa shape index (κ1) is 18.3. The second-order valence-corrected chi connectivity index (χ2v) is 6.02. The molecule has 0 bridgehead atoms. The van der Waals surface area contributed by atoms with Crippen molar-refractivity contribution in [3.05, 3.63) is 51.7 Å². The van der Waals surface area contributed by atoms with Crippen LogP contribution in [0.3, 0.4) is 0 Å². The van der Waals surface area contributed by atoms with E-state index in [4.69, 9.17) is 32.4 Å². The van der Waals surface area contributed by atoms with Crippen molar-refractivity contribution in [2.45, 2.75) is 25.9 Å². The van der Waals surface area contributed by atoms with Gasteiger partial charge >= 0.3 is 11.9 Å². The molecule has 128 valence electrons. The molecule has 1 unspecified atom stereocenters. The summed E-state index contributed by atoms with van der Waals surface area (Å²) < 4.78 is 15.1. The molecule has 0 saturated heterocycles. The minimum absolute atomic E-state index is 0.0121. The fourth-order valence-corrected chi connectivity index (χ4v) is 2.16. The number of halogens is 2. The van der Waals surface area contributed by atoms with Gasteiger partial charge in [0.05, 0.1) is 17.2 Å². The van der Waals surface area contributed by atoms with Crippen molar-refractivity contribution >= 4 is 35.1 Å². The van der Waals surface area contributed by atoms with Gasteiger partial charge in [-0.1, -0.05) is 43.1 Å². The lowest BCUT2D eigenvalue weighted by Crippen LogP contribution is -2.21. The average molecular weight is 372 g/mol. The van der Waals surface area contributed by atoms with E-state index in [2.05, 4.69) is 9.72 Å². The van der Waals surface area contributed by atoms with Crippen molar-refractivity contribution in [2.24, 2.45) is 0 Å². The maximum absolute atomic E-state index is 12.2. The molecule has 6 nitrogen and oxygen atoms in total. The molecule has 0 amide bonds. The van der Waals surface area contributed by atoms with Gasteiger partial charge in [-0.25, -0.2) is 14.6 Å². The Bertz CT molecular complexity index is 757. The fraction of sp³-hybridized carbons (Fsp3) is 0.312. The summed E-state index contributed by atoms with van der Waals surface area (Å²) in [5.74, 6) is -1.16. The molecule has 0 aliphatic heterocycles. The van der Waals surface area contributed by atoms with Crippen molar-refractivity contribution < 1.29 is 23.5 Å². The SMILES string of the molecule is COC(=O)C(OC(=O)c1coc(C(C)C)n1)c1ccc(Cl)c(Cl)c1. The standard InChI is InChI=1S/C16H15Cl2NO5/c1-8(2)14-19-12(7-23-14)15(20)24-13(16(21)22-3)9-4-5-10(17)11(18)6-9/h4-8,13H,1-3H3. The number of rotatable bonds is 5. The first-order chi connectivity index (χ1) is 11.3. The largest absolute Gasteiger partial charge is 0.466 e. The van der Waals surface area contributed by atoms with Crippen molar-refractivity contribution in [2.75, 3.05) is 7.11 Å². The molecule has 0 fully saturated rings. The third-order valence-corrected chi connectivity index (χ3v) is 3.85. The topological polar surface area (TPSA) is 78.6 Å². The summed E-state index contributed by atoms with van der Waals surface area (Å²) in [4.78, 5) is 28.2.